The Hall–Kier alpha value is -4.73. The maximum absolute atomic E-state index is 14.1. The van der Waals surface area contributed by atoms with E-state index in [1.165, 1.54) is 5.56 Å². The van der Waals surface area contributed by atoms with Crippen LogP contribution in [-0.4, -0.2) is 42.1 Å². The molecule has 0 amide bonds. The lowest BCUT2D eigenvalue weighted by molar-refractivity contribution is -0.188. The summed E-state index contributed by atoms with van der Waals surface area (Å²) in [5.41, 5.74) is 3.98. The van der Waals surface area contributed by atoms with Crippen LogP contribution in [0.4, 0.5) is 0 Å². The lowest BCUT2D eigenvalue weighted by Gasteiger charge is -2.43. The normalized spacial score (nSPS) is 20.6. The first kappa shape index (κ1) is 36.1. The van der Waals surface area contributed by atoms with Crippen molar-refractivity contribution in [1.29, 1.82) is 0 Å². The summed E-state index contributed by atoms with van der Waals surface area (Å²) in [7, 11) is 0. The Bertz CT molecular complexity index is 1950. The van der Waals surface area contributed by atoms with Crippen LogP contribution in [0.2, 0.25) is 0 Å². The van der Waals surface area contributed by atoms with E-state index in [1.54, 1.807) is 32.0 Å². The highest BCUT2D eigenvalue weighted by Gasteiger charge is 2.50. The third-order valence-corrected chi connectivity index (χ3v) is 9.89. The van der Waals surface area contributed by atoms with Gasteiger partial charge in [0.15, 0.2) is 12.2 Å². The van der Waals surface area contributed by atoms with Gasteiger partial charge in [0.25, 0.3) is 0 Å². The lowest BCUT2D eigenvalue weighted by Crippen LogP contribution is -2.52. The van der Waals surface area contributed by atoms with Gasteiger partial charge in [-0.15, -0.1) is 0 Å². The summed E-state index contributed by atoms with van der Waals surface area (Å²) in [6.45, 7) is 7.03. The maximum atomic E-state index is 14.1. The number of aliphatic hydroxyl groups excluding tert-OH is 1. The van der Waals surface area contributed by atoms with Gasteiger partial charge in [0.05, 0.1) is 12.2 Å². The number of carbonyl (C=O) groups excluding carboxylic acids is 2. The van der Waals surface area contributed by atoms with Crippen molar-refractivity contribution in [1.82, 2.24) is 0 Å². The second-order valence-electron chi connectivity index (χ2n) is 14.3. The third kappa shape index (κ3) is 8.43. The summed E-state index contributed by atoms with van der Waals surface area (Å²) in [6.07, 6.45) is 1.54. The van der Waals surface area contributed by atoms with E-state index in [4.69, 9.17) is 28.5 Å². The number of fused-ring (bicyclic) bond motifs is 13. The molecule has 1 aromatic heterocycles. The minimum Gasteiger partial charge on any atom is -0.483 e. The van der Waals surface area contributed by atoms with Crippen molar-refractivity contribution in [3.8, 4) is 5.75 Å². The number of hydrogen-bond acceptors (Lipinski definition) is 9. The van der Waals surface area contributed by atoms with Crippen LogP contribution in [0.5, 0.6) is 5.75 Å². The molecule has 9 nitrogen and oxygen atoms in total. The van der Waals surface area contributed by atoms with E-state index in [1.807, 2.05) is 32.0 Å². The Labute approximate surface area is 298 Å². The summed E-state index contributed by atoms with van der Waals surface area (Å²) in [5.74, 6) is -0.630. The van der Waals surface area contributed by atoms with Gasteiger partial charge >= 0.3 is 17.6 Å². The molecule has 1 N–H and O–H groups in total. The lowest BCUT2D eigenvalue weighted by atomic mass is 9.86. The smallest absolute Gasteiger partial charge is 0.339 e. The number of ether oxygens (including phenoxy) is 4. The molecular weight excluding hydrogens is 648 g/mol. The van der Waals surface area contributed by atoms with E-state index in [2.05, 4.69) is 36.4 Å². The fourth-order valence-corrected chi connectivity index (χ4v) is 7.10. The van der Waals surface area contributed by atoms with Crippen LogP contribution in [0, 0.1) is 5.92 Å². The molecule has 2 bridgehead atoms. The first-order chi connectivity index (χ1) is 24.5. The van der Waals surface area contributed by atoms with Crippen molar-refractivity contribution in [3.63, 3.8) is 0 Å². The Kier molecular flexibility index (Phi) is 11.1. The summed E-state index contributed by atoms with van der Waals surface area (Å²) >= 11 is 0. The molecule has 268 valence electrons. The van der Waals surface area contributed by atoms with Crippen molar-refractivity contribution >= 4 is 22.9 Å². The number of aliphatic hydroxyl groups is 1. The minimum absolute atomic E-state index is 0.0313. The molecule has 3 unspecified atom stereocenters. The Morgan fingerprint density at radius 2 is 1.63 bits per heavy atom. The molecule has 3 aliphatic heterocycles. The molecule has 4 heterocycles. The van der Waals surface area contributed by atoms with Crippen molar-refractivity contribution in [2.75, 3.05) is 13.4 Å². The van der Waals surface area contributed by atoms with E-state index < -0.39 is 42.2 Å². The molecule has 0 fully saturated rings. The average Bonchev–Trinajstić information content (AvgIpc) is 3.09. The first-order valence-electron chi connectivity index (χ1n) is 17.7. The van der Waals surface area contributed by atoms with Gasteiger partial charge in [-0.25, -0.2) is 9.59 Å². The number of hydrogen-bond donors (Lipinski definition) is 1. The van der Waals surface area contributed by atoms with E-state index in [9.17, 15) is 14.4 Å². The van der Waals surface area contributed by atoms with Gasteiger partial charge in [0.2, 0.25) is 0 Å². The summed E-state index contributed by atoms with van der Waals surface area (Å²) < 4.78 is 30.2. The SMILES string of the molecule is CC(C)=C1CCc2ccc(cc2)CC(CCc2ccccc2)CC(=O)OC2c3c(ccc4cc(CCOCO)c(=O)oc34)OC(C)(C)C2OC1=O. The predicted molar refractivity (Wildman–Crippen MR) is 192 cm³/mol. The Morgan fingerprint density at radius 3 is 2.35 bits per heavy atom. The second kappa shape index (κ2) is 15.7. The second-order valence-corrected chi connectivity index (χ2v) is 14.3. The van der Waals surface area contributed by atoms with E-state index in [0.29, 0.717) is 47.1 Å². The van der Waals surface area contributed by atoms with E-state index in [0.717, 1.165) is 29.5 Å². The van der Waals surface area contributed by atoms with Gasteiger partial charge in [0.1, 0.15) is 23.7 Å². The zero-order valence-corrected chi connectivity index (χ0v) is 29.7. The molecule has 0 radical (unpaired) electrons. The van der Waals surface area contributed by atoms with Crippen LogP contribution in [0.25, 0.3) is 11.0 Å². The molecule has 0 saturated heterocycles. The molecular formula is C42H46O9. The topological polar surface area (TPSA) is 122 Å². The summed E-state index contributed by atoms with van der Waals surface area (Å²) in [6, 6.07) is 23.8. The van der Waals surface area contributed by atoms with Crippen LogP contribution in [0.15, 0.2) is 93.2 Å². The Morgan fingerprint density at radius 1 is 0.882 bits per heavy atom. The van der Waals surface area contributed by atoms with Gasteiger partial charge in [-0.2, -0.15) is 0 Å². The molecule has 3 aromatic carbocycles. The predicted octanol–water partition coefficient (Wildman–Crippen LogP) is 7.13. The zero-order valence-electron chi connectivity index (χ0n) is 29.7. The van der Waals surface area contributed by atoms with Crippen LogP contribution in [-0.2, 0) is 49.5 Å². The molecule has 9 heteroatoms. The van der Waals surface area contributed by atoms with Gasteiger partial charge < -0.3 is 28.5 Å². The minimum atomic E-state index is -1.13. The largest absolute Gasteiger partial charge is 0.483 e. The molecule has 0 spiro atoms. The van der Waals surface area contributed by atoms with Crippen molar-refractivity contribution in [3.05, 3.63) is 122 Å². The molecule has 7 rings (SSSR count). The highest BCUT2D eigenvalue weighted by Crippen LogP contribution is 2.47. The first-order valence-corrected chi connectivity index (χ1v) is 17.7. The van der Waals surface area contributed by atoms with Gasteiger partial charge in [-0.05, 0) is 101 Å². The van der Waals surface area contributed by atoms with E-state index >= 15 is 0 Å². The molecule has 3 atom stereocenters. The number of esters is 2. The number of carbonyl (C=O) groups is 2. The van der Waals surface area contributed by atoms with Crippen molar-refractivity contribution < 1.29 is 38.1 Å². The van der Waals surface area contributed by atoms with Gasteiger partial charge in [-0.1, -0.05) is 60.2 Å². The van der Waals surface area contributed by atoms with Crippen LogP contribution >= 0.6 is 0 Å². The highest BCUT2D eigenvalue weighted by atomic mass is 16.6. The number of allylic oxidation sites excluding steroid dienone is 1. The van der Waals surface area contributed by atoms with Gasteiger partial charge in [-0.3, -0.25) is 4.79 Å². The zero-order chi connectivity index (χ0) is 36.1. The summed E-state index contributed by atoms with van der Waals surface area (Å²) in [5, 5.41) is 9.61. The average molecular weight is 695 g/mol. The third-order valence-electron chi connectivity index (χ3n) is 9.89. The van der Waals surface area contributed by atoms with Crippen molar-refractivity contribution in [2.24, 2.45) is 5.92 Å². The monoisotopic (exact) mass is 694 g/mol. The molecule has 51 heavy (non-hydrogen) atoms. The fraction of sp³-hybridized carbons (Fsp3) is 0.405. The molecule has 0 aliphatic carbocycles. The number of rotatable bonds is 7. The van der Waals surface area contributed by atoms with Crippen molar-refractivity contribution in [2.45, 2.75) is 90.4 Å². The quantitative estimate of drug-likeness (QED) is 0.0708. The molecule has 3 aliphatic rings. The fourth-order valence-electron chi connectivity index (χ4n) is 7.10. The molecule has 4 aromatic rings. The van der Waals surface area contributed by atoms with E-state index in [-0.39, 0.29) is 30.9 Å². The van der Waals surface area contributed by atoms with Crippen LogP contribution < -0.4 is 10.4 Å². The maximum Gasteiger partial charge on any atom is 0.339 e. The number of aryl methyl sites for hydroxylation is 2. The van der Waals surface area contributed by atoms with Crippen LogP contribution in [0.3, 0.4) is 0 Å². The Balaban J connectivity index is 1.43. The molecule has 0 saturated carbocycles. The van der Waals surface area contributed by atoms with Crippen LogP contribution in [0.1, 0.15) is 80.9 Å². The van der Waals surface area contributed by atoms with Gasteiger partial charge in [0, 0.05) is 29.4 Å². The summed E-state index contributed by atoms with van der Waals surface area (Å²) in [4.78, 5) is 41.4. The highest BCUT2D eigenvalue weighted by molar-refractivity contribution is 5.90. The number of benzene rings is 3. The standard InChI is InChI=1S/C42H46O9/c1-26(2)33-18-16-28-10-13-29(14-11-28)22-30(15-12-27-8-6-5-7-9-27)23-35(44)48-38-36-34(51-42(3,4)39(38)50-41(33)46)19-17-31-24-32(20-21-47-25-43)40(45)49-37(31)36/h5-11,13-14,17,19,24,30,38-39,43H,12,15-16,18,20-23,25H2,1-4H3.